The van der Waals surface area contributed by atoms with Gasteiger partial charge in [-0.15, -0.1) is 11.3 Å². The van der Waals surface area contributed by atoms with E-state index >= 15 is 0 Å². The zero-order valence-electron chi connectivity index (χ0n) is 13.9. The molecule has 0 aliphatic carbocycles. The van der Waals surface area contributed by atoms with Crippen molar-refractivity contribution in [3.05, 3.63) is 23.4 Å². The molecular formula is C15H18N4O5S. The van der Waals surface area contributed by atoms with Gasteiger partial charge in [0.1, 0.15) is 0 Å². The largest absolute Gasteiger partial charge is 0.456 e. The van der Waals surface area contributed by atoms with Gasteiger partial charge in [0, 0.05) is 20.5 Å². The first-order valence-electron chi connectivity index (χ1n) is 7.44. The molecule has 0 aliphatic heterocycles. The van der Waals surface area contributed by atoms with Crippen LogP contribution >= 0.6 is 11.3 Å². The van der Waals surface area contributed by atoms with Crippen molar-refractivity contribution in [3.8, 4) is 10.7 Å². The number of rotatable bonds is 8. The minimum absolute atomic E-state index is 0.00990. The zero-order chi connectivity index (χ0) is 18.2. The zero-order valence-corrected chi connectivity index (χ0v) is 14.7. The number of nitrogens with zero attached hydrogens (tertiary/aromatic N) is 3. The Hall–Kier alpha value is -2.75. The molecule has 25 heavy (non-hydrogen) atoms. The number of ether oxygens (including phenoxy) is 1. The van der Waals surface area contributed by atoms with Crippen LogP contribution in [0.2, 0.25) is 0 Å². The molecule has 0 radical (unpaired) electrons. The van der Waals surface area contributed by atoms with Crippen molar-refractivity contribution in [2.45, 2.75) is 12.8 Å². The molecule has 0 fully saturated rings. The number of thiophene rings is 1. The van der Waals surface area contributed by atoms with Crippen LogP contribution in [0.15, 0.2) is 22.0 Å². The number of carbonyl (C=O) groups excluding carboxylic acids is 3. The van der Waals surface area contributed by atoms with Gasteiger partial charge < -0.3 is 19.5 Å². The number of aryl methyl sites for hydroxylation is 1. The van der Waals surface area contributed by atoms with E-state index in [-0.39, 0.29) is 25.3 Å². The molecule has 2 rings (SSSR count). The van der Waals surface area contributed by atoms with Crippen molar-refractivity contribution < 1.29 is 23.6 Å². The molecule has 0 aliphatic rings. The lowest BCUT2D eigenvalue weighted by atomic mass is 10.3. The molecule has 0 unspecified atom stereocenters. The van der Waals surface area contributed by atoms with Gasteiger partial charge in [-0.25, -0.2) is 0 Å². The van der Waals surface area contributed by atoms with E-state index in [2.05, 4.69) is 15.5 Å². The van der Waals surface area contributed by atoms with Gasteiger partial charge in [-0.3, -0.25) is 14.4 Å². The third-order valence-corrected chi connectivity index (χ3v) is 3.92. The number of hydrogen-bond donors (Lipinski definition) is 1. The molecule has 2 heterocycles. The highest BCUT2D eigenvalue weighted by Gasteiger charge is 2.13. The number of likely N-dealkylation sites (N-methyl/N-ethyl adjacent to an activating group) is 1. The molecule has 10 heteroatoms. The van der Waals surface area contributed by atoms with Crippen molar-refractivity contribution in [1.29, 1.82) is 0 Å². The lowest BCUT2D eigenvalue weighted by Crippen LogP contribution is -2.38. The van der Waals surface area contributed by atoms with Crippen LogP contribution in [0, 0.1) is 0 Å². The highest BCUT2D eigenvalue weighted by molar-refractivity contribution is 7.13. The maximum Gasteiger partial charge on any atom is 0.306 e. The van der Waals surface area contributed by atoms with E-state index in [0.29, 0.717) is 11.7 Å². The average Bonchev–Trinajstić information content (AvgIpc) is 3.26. The van der Waals surface area contributed by atoms with Crippen molar-refractivity contribution >= 4 is 29.1 Å². The Morgan fingerprint density at radius 3 is 2.84 bits per heavy atom. The molecule has 0 atom stereocenters. The highest BCUT2D eigenvalue weighted by Crippen LogP contribution is 2.21. The van der Waals surface area contributed by atoms with Crippen LogP contribution in [0.3, 0.4) is 0 Å². The van der Waals surface area contributed by atoms with Crippen molar-refractivity contribution in [3.63, 3.8) is 0 Å². The van der Waals surface area contributed by atoms with Crippen LogP contribution in [0.4, 0.5) is 0 Å². The van der Waals surface area contributed by atoms with Crippen LogP contribution < -0.4 is 5.32 Å². The Morgan fingerprint density at radius 2 is 2.16 bits per heavy atom. The molecular weight excluding hydrogens is 348 g/mol. The van der Waals surface area contributed by atoms with Crippen LogP contribution in [0.1, 0.15) is 12.3 Å². The summed E-state index contributed by atoms with van der Waals surface area (Å²) in [6.45, 7) is -0.583. The first-order chi connectivity index (χ1) is 12.0. The third kappa shape index (κ3) is 5.99. The summed E-state index contributed by atoms with van der Waals surface area (Å²) >= 11 is 1.49. The Morgan fingerprint density at radius 1 is 1.36 bits per heavy atom. The summed E-state index contributed by atoms with van der Waals surface area (Å²) in [6.07, 6.45) is 0.230. The number of aromatic nitrogens is 2. The van der Waals surface area contributed by atoms with E-state index < -0.39 is 18.5 Å². The maximum absolute atomic E-state index is 11.6. The Balaban J connectivity index is 1.67. The fourth-order valence-corrected chi connectivity index (χ4v) is 2.32. The SMILES string of the molecule is CN(C)C(=O)CNC(=O)COC(=O)CCc1nc(-c2cccs2)no1. The molecule has 0 saturated heterocycles. The first kappa shape index (κ1) is 18.6. The molecule has 134 valence electrons. The number of esters is 1. The molecule has 2 aromatic rings. The maximum atomic E-state index is 11.6. The van der Waals surface area contributed by atoms with Crippen LogP contribution in [-0.2, 0) is 25.5 Å². The predicted octanol–water partition coefficient (Wildman–Crippen LogP) is 0.478. The molecule has 0 spiro atoms. The molecule has 9 nitrogen and oxygen atoms in total. The normalized spacial score (nSPS) is 10.3. The van der Waals surface area contributed by atoms with Crippen LogP contribution in [0.5, 0.6) is 0 Å². The molecule has 2 amide bonds. The van der Waals surface area contributed by atoms with Gasteiger partial charge in [-0.2, -0.15) is 4.98 Å². The Bertz CT molecular complexity index is 726. The van der Waals surface area contributed by atoms with E-state index in [1.807, 2.05) is 17.5 Å². The smallest absolute Gasteiger partial charge is 0.306 e. The lowest BCUT2D eigenvalue weighted by Gasteiger charge is -2.10. The van der Waals surface area contributed by atoms with Gasteiger partial charge in [0.15, 0.2) is 6.61 Å². The van der Waals surface area contributed by atoms with Crippen molar-refractivity contribution in [1.82, 2.24) is 20.4 Å². The third-order valence-electron chi connectivity index (χ3n) is 3.05. The minimum Gasteiger partial charge on any atom is -0.456 e. The summed E-state index contributed by atoms with van der Waals surface area (Å²) in [4.78, 5) is 40.8. The van der Waals surface area contributed by atoms with E-state index in [1.165, 1.54) is 16.2 Å². The van der Waals surface area contributed by atoms with Gasteiger partial charge >= 0.3 is 5.97 Å². The van der Waals surface area contributed by atoms with Gasteiger partial charge in [0.2, 0.25) is 17.6 Å². The van der Waals surface area contributed by atoms with Gasteiger partial charge in [0.05, 0.1) is 17.8 Å². The second kappa shape index (κ2) is 8.92. The topological polar surface area (TPSA) is 115 Å². The lowest BCUT2D eigenvalue weighted by molar-refractivity contribution is -0.148. The Labute approximate surface area is 148 Å². The molecule has 0 aromatic carbocycles. The quantitative estimate of drug-likeness (QED) is 0.676. The van der Waals surface area contributed by atoms with E-state index in [1.54, 1.807) is 14.1 Å². The fraction of sp³-hybridized carbons (Fsp3) is 0.400. The van der Waals surface area contributed by atoms with Gasteiger partial charge in [0.25, 0.3) is 5.91 Å². The first-order valence-corrected chi connectivity index (χ1v) is 8.32. The van der Waals surface area contributed by atoms with Crippen molar-refractivity contribution in [2.24, 2.45) is 0 Å². The highest BCUT2D eigenvalue weighted by atomic mass is 32.1. The number of amides is 2. The molecule has 1 N–H and O–H groups in total. The second-order valence-corrected chi connectivity index (χ2v) is 6.16. The van der Waals surface area contributed by atoms with E-state index in [9.17, 15) is 14.4 Å². The van der Waals surface area contributed by atoms with Gasteiger partial charge in [-0.05, 0) is 11.4 Å². The summed E-state index contributed by atoms with van der Waals surface area (Å²) in [5.41, 5.74) is 0. The van der Waals surface area contributed by atoms with Crippen LogP contribution in [-0.4, -0.2) is 60.1 Å². The average molecular weight is 366 g/mol. The summed E-state index contributed by atoms with van der Waals surface area (Å²) in [7, 11) is 3.16. The van der Waals surface area contributed by atoms with E-state index in [4.69, 9.17) is 9.26 Å². The summed E-state index contributed by atoms with van der Waals surface area (Å²) in [5.74, 6) is -0.561. The minimum atomic E-state index is -0.565. The molecule has 2 aromatic heterocycles. The van der Waals surface area contributed by atoms with Gasteiger partial charge in [-0.1, -0.05) is 11.2 Å². The molecule has 0 saturated carbocycles. The predicted molar refractivity (Wildman–Crippen MR) is 88.6 cm³/mol. The molecule has 0 bridgehead atoms. The Kier molecular flexibility index (Phi) is 6.63. The summed E-state index contributed by atoms with van der Waals surface area (Å²) < 4.78 is 9.90. The summed E-state index contributed by atoms with van der Waals surface area (Å²) in [5, 5.41) is 8.11. The van der Waals surface area contributed by atoms with E-state index in [0.717, 1.165) is 4.88 Å². The summed E-state index contributed by atoms with van der Waals surface area (Å²) in [6, 6.07) is 3.75. The standard InChI is InChI=1S/C15H18N4O5S/c1-19(2)13(21)8-16-11(20)9-23-14(22)6-5-12-17-15(18-24-12)10-4-3-7-25-10/h3-4,7H,5-6,8-9H2,1-2H3,(H,16,20). The second-order valence-electron chi connectivity index (χ2n) is 5.21. The number of carbonyl (C=O) groups is 3. The fourth-order valence-electron chi connectivity index (χ4n) is 1.67. The number of hydrogen-bond acceptors (Lipinski definition) is 8. The number of nitrogens with one attached hydrogen (secondary N) is 1. The van der Waals surface area contributed by atoms with Crippen molar-refractivity contribution in [2.75, 3.05) is 27.2 Å². The van der Waals surface area contributed by atoms with Crippen LogP contribution in [0.25, 0.3) is 10.7 Å². The monoisotopic (exact) mass is 366 g/mol.